The van der Waals surface area contributed by atoms with Gasteiger partial charge in [0, 0.05) is 0 Å². The summed E-state index contributed by atoms with van der Waals surface area (Å²) in [6, 6.07) is 4.65. The first-order chi connectivity index (χ1) is 9.69. The first kappa shape index (κ1) is 16.1. The van der Waals surface area contributed by atoms with E-state index in [1.807, 2.05) is 13.8 Å². The SMILES string of the molecule is CCCCOC(=O)c1cccc(C(=O)OCCCC)n1. The number of aromatic nitrogens is 1. The van der Waals surface area contributed by atoms with Gasteiger partial charge in [-0.2, -0.15) is 0 Å². The minimum atomic E-state index is -0.512. The van der Waals surface area contributed by atoms with Gasteiger partial charge in [0.2, 0.25) is 0 Å². The summed E-state index contributed by atoms with van der Waals surface area (Å²) in [4.78, 5) is 27.4. The quantitative estimate of drug-likeness (QED) is 0.540. The Hall–Kier alpha value is -1.91. The molecule has 0 aliphatic rings. The van der Waals surface area contributed by atoms with Crippen molar-refractivity contribution in [2.45, 2.75) is 39.5 Å². The number of rotatable bonds is 8. The molecule has 0 N–H and O–H groups in total. The zero-order valence-corrected chi connectivity index (χ0v) is 12.1. The van der Waals surface area contributed by atoms with Gasteiger partial charge in [0.25, 0.3) is 0 Å². The molecule has 0 aromatic carbocycles. The molecule has 1 aromatic rings. The zero-order chi connectivity index (χ0) is 14.8. The van der Waals surface area contributed by atoms with Crippen LogP contribution in [-0.4, -0.2) is 30.1 Å². The van der Waals surface area contributed by atoms with Crippen LogP contribution in [0, 0.1) is 0 Å². The highest BCUT2D eigenvalue weighted by Gasteiger charge is 2.14. The molecule has 0 amide bonds. The van der Waals surface area contributed by atoms with Crippen LogP contribution in [0.2, 0.25) is 0 Å². The number of carbonyl (C=O) groups excluding carboxylic acids is 2. The summed E-state index contributed by atoms with van der Waals surface area (Å²) in [6.45, 7) is 4.75. The second kappa shape index (κ2) is 9.07. The number of hydrogen-bond donors (Lipinski definition) is 0. The van der Waals surface area contributed by atoms with Gasteiger partial charge >= 0.3 is 11.9 Å². The Labute approximate surface area is 119 Å². The topological polar surface area (TPSA) is 65.5 Å². The summed E-state index contributed by atoms with van der Waals surface area (Å²) in [6.07, 6.45) is 3.52. The van der Waals surface area contributed by atoms with E-state index in [-0.39, 0.29) is 11.4 Å². The second-order valence-corrected chi connectivity index (χ2v) is 4.39. The predicted octanol–water partition coefficient (Wildman–Crippen LogP) is 3.00. The third kappa shape index (κ3) is 5.38. The minimum Gasteiger partial charge on any atom is -0.461 e. The lowest BCUT2D eigenvalue weighted by Gasteiger charge is -2.06. The normalized spacial score (nSPS) is 10.1. The van der Waals surface area contributed by atoms with E-state index in [0.717, 1.165) is 25.7 Å². The lowest BCUT2D eigenvalue weighted by molar-refractivity contribution is 0.0484. The molecule has 0 atom stereocenters. The average molecular weight is 279 g/mol. The second-order valence-electron chi connectivity index (χ2n) is 4.39. The fraction of sp³-hybridized carbons (Fsp3) is 0.533. The maximum Gasteiger partial charge on any atom is 0.356 e. The summed E-state index contributed by atoms with van der Waals surface area (Å²) >= 11 is 0. The highest BCUT2D eigenvalue weighted by atomic mass is 16.5. The Balaban J connectivity index is 2.60. The van der Waals surface area contributed by atoms with Gasteiger partial charge in [-0.3, -0.25) is 0 Å². The Kier molecular flexibility index (Phi) is 7.32. The van der Waals surface area contributed by atoms with Crippen LogP contribution in [0.15, 0.2) is 18.2 Å². The molecule has 0 spiro atoms. The van der Waals surface area contributed by atoms with Crippen molar-refractivity contribution in [2.75, 3.05) is 13.2 Å². The van der Waals surface area contributed by atoms with Crippen molar-refractivity contribution < 1.29 is 19.1 Å². The maximum atomic E-state index is 11.7. The molecule has 0 bridgehead atoms. The molecular formula is C15H21NO4. The van der Waals surface area contributed by atoms with E-state index in [9.17, 15) is 9.59 Å². The highest BCUT2D eigenvalue weighted by molar-refractivity contribution is 5.91. The third-order valence-electron chi connectivity index (χ3n) is 2.63. The largest absolute Gasteiger partial charge is 0.461 e. The van der Waals surface area contributed by atoms with Crippen LogP contribution in [0.4, 0.5) is 0 Å². The van der Waals surface area contributed by atoms with Gasteiger partial charge in [-0.25, -0.2) is 14.6 Å². The number of unbranched alkanes of at least 4 members (excludes halogenated alkanes) is 2. The molecule has 0 saturated carbocycles. The fourth-order valence-corrected chi connectivity index (χ4v) is 1.43. The van der Waals surface area contributed by atoms with Crippen molar-refractivity contribution in [3.05, 3.63) is 29.6 Å². The third-order valence-corrected chi connectivity index (χ3v) is 2.63. The summed E-state index contributed by atoms with van der Waals surface area (Å²) in [5.41, 5.74) is 0.261. The molecule has 0 aliphatic heterocycles. The Morgan fingerprint density at radius 2 is 1.40 bits per heavy atom. The number of hydrogen-bond acceptors (Lipinski definition) is 5. The van der Waals surface area contributed by atoms with Gasteiger partial charge in [-0.1, -0.05) is 32.8 Å². The van der Waals surface area contributed by atoms with E-state index in [0.29, 0.717) is 13.2 Å². The average Bonchev–Trinajstić information content (AvgIpc) is 2.47. The van der Waals surface area contributed by atoms with Crippen molar-refractivity contribution in [1.82, 2.24) is 4.98 Å². The zero-order valence-electron chi connectivity index (χ0n) is 12.1. The smallest absolute Gasteiger partial charge is 0.356 e. The highest BCUT2D eigenvalue weighted by Crippen LogP contribution is 2.05. The van der Waals surface area contributed by atoms with Crippen molar-refractivity contribution in [3.63, 3.8) is 0 Å². The van der Waals surface area contributed by atoms with Crippen LogP contribution in [0.5, 0.6) is 0 Å². The van der Waals surface area contributed by atoms with E-state index in [2.05, 4.69) is 4.98 Å². The van der Waals surface area contributed by atoms with Crippen LogP contribution in [0.1, 0.15) is 60.5 Å². The summed E-state index contributed by atoms with van der Waals surface area (Å²) in [5, 5.41) is 0. The standard InChI is InChI=1S/C15H21NO4/c1-3-5-10-19-14(17)12-8-7-9-13(16-12)15(18)20-11-6-4-2/h7-9H,3-6,10-11H2,1-2H3. The molecule has 5 heteroatoms. The van der Waals surface area contributed by atoms with Crippen molar-refractivity contribution >= 4 is 11.9 Å². The van der Waals surface area contributed by atoms with E-state index < -0.39 is 11.9 Å². The number of nitrogens with zero attached hydrogens (tertiary/aromatic N) is 1. The maximum absolute atomic E-state index is 11.7. The summed E-state index contributed by atoms with van der Waals surface area (Å²) < 4.78 is 10.1. The number of carbonyl (C=O) groups is 2. The monoisotopic (exact) mass is 279 g/mol. The van der Waals surface area contributed by atoms with E-state index >= 15 is 0 Å². The number of ether oxygens (including phenoxy) is 2. The molecule has 1 aromatic heterocycles. The molecule has 0 radical (unpaired) electrons. The van der Waals surface area contributed by atoms with Gasteiger partial charge in [0.05, 0.1) is 13.2 Å². The lowest BCUT2D eigenvalue weighted by atomic mass is 10.3. The van der Waals surface area contributed by atoms with Crippen LogP contribution in [0.25, 0.3) is 0 Å². The lowest BCUT2D eigenvalue weighted by Crippen LogP contribution is -2.13. The van der Waals surface area contributed by atoms with Gasteiger partial charge < -0.3 is 9.47 Å². The molecule has 20 heavy (non-hydrogen) atoms. The molecular weight excluding hydrogens is 258 g/mol. The van der Waals surface area contributed by atoms with Crippen LogP contribution in [-0.2, 0) is 9.47 Å². The van der Waals surface area contributed by atoms with E-state index in [1.54, 1.807) is 6.07 Å². The minimum absolute atomic E-state index is 0.131. The van der Waals surface area contributed by atoms with Gasteiger partial charge in [0.15, 0.2) is 0 Å². The predicted molar refractivity (Wildman–Crippen MR) is 74.6 cm³/mol. The number of pyridine rings is 1. The van der Waals surface area contributed by atoms with Gasteiger partial charge in [-0.05, 0) is 25.0 Å². The number of esters is 2. The first-order valence-corrected chi connectivity index (χ1v) is 7.00. The molecule has 110 valence electrons. The molecule has 0 saturated heterocycles. The van der Waals surface area contributed by atoms with E-state index in [1.165, 1.54) is 12.1 Å². The fourth-order valence-electron chi connectivity index (χ4n) is 1.43. The summed E-state index contributed by atoms with van der Waals surface area (Å²) in [7, 11) is 0. The first-order valence-electron chi connectivity index (χ1n) is 7.00. The molecule has 0 unspecified atom stereocenters. The van der Waals surface area contributed by atoms with Crippen LogP contribution in [0.3, 0.4) is 0 Å². The van der Waals surface area contributed by atoms with Crippen LogP contribution >= 0.6 is 0 Å². The molecule has 5 nitrogen and oxygen atoms in total. The Morgan fingerprint density at radius 1 is 0.950 bits per heavy atom. The molecule has 0 fully saturated rings. The summed E-state index contributed by atoms with van der Waals surface area (Å²) in [5.74, 6) is -1.02. The van der Waals surface area contributed by atoms with Crippen molar-refractivity contribution in [3.8, 4) is 0 Å². The van der Waals surface area contributed by atoms with Crippen LogP contribution < -0.4 is 0 Å². The Bertz CT molecular complexity index is 408. The molecule has 1 heterocycles. The Morgan fingerprint density at radius 3 is 1.80 bits per heavy atom. The van der Waals surface area contributed by atoms with Gasteiger partial charge in [-0.15, -0.1) is 0 Å². The van der Waals surface area contributed by atoms with E-state index in [4.69, 9.17) is 9.47 Å². The molecule has 0 aliphatic carbocycles. The van der Waals surface area contributed by atoms with Crippen molar-refractivity contribution in [2.24, 2.45) is 0 Å². The molecule has 1 rings (SSSR count). The van der Waals surface area contributed by atoms with Gasteiger partial charge in [0.1, 0.15) is 11.4 Å². The van der Waals surface area contributed by atoms with Crippen molar-refractivity contribution in [1.29, 1.82) is 0 Å².